The Morgan fingerprint density at radius 3 is 2.11 bits per heavy atom. The Morgan fingerprint density at radius 1 is 0.561 bits per heavy atom. The van der Waals surface area contributed by atoms with E-state index < -0.39 is 17.2 Å². The highest BCUT2D eigenvalue weighted by molar-refractivity contribution is 5.87. The fourth-order valence-electron chi connectivity index (χ4n) is 42.1. The van der Waals surface area contributed by atoms with Gasteiger partial charge in [0, 0.05) is 65.4 Å². The fraction of sp³-hybridized carbons (Fsp3) is 0.839. The molecule has 2 aromatic heterocycles. The lowest BCUT2D eigenvalue weighted by Crippen LogP contribution is -2.76. The van der Waals surface area contributed by atoms with Crippen LogP contribution in [-0.4, -0.2) is 81.1 Å². The molecule has 1 N–H and O–H groups in total. The van der Waals surface area contributed by atoms with Gasteiger partial charge in [-0.25, -0.2) is 33.3 Å². The second kappa shape index (κ2) is 31.9. The molecule has 8 bridgehead atoms. The number of ketones is 1. The number of aliphatic hydroxyl groups is 1. The van der Waals surface area contributed by atoms with Crippen LogP contribution in [0.25, 0.3) is 5.69 Å². The number of carbonyl (C=O) groups excluding carboxylic acids is 1. The van der Waals surface area contributed by atoms with Crippen molar-refractivity contribution in [2.45, 2.75) is 432 Å². The van der Waals surface area contributed by atoms with Crippen LogP contribution in [-0.2, 0) is 62.9 Å². The fourth-order valence-corrected chi connectivity index (χ4v) is 42.1. The first-order chi connectivity index (χ1) is 63.1. The van der Waals surface area contributed by atoms with Crippen molar-refractivity contribution in [3.8, 4) is 5.69 Å². The summed E-state index contributed by atoms with van der Waals surface area (Å²) in [5, 5.41) is 11.0. The van der Waals surface area contributed by atoms with Crippen LogP contribution in [0.3, 0.4) is 0 Å². The van der Waals surface area contributed by atoms with Gasteiger partial charge in [0.25, 0.3) is 0 Å². The Balaban J connectivity index is 0.0000000964. The van der Waals surface area contributed by atoms with Crippen LogP contribution >= 0.6 is 0 Å². The van der Waals surface area contributed by atoms with Crippen molar-refractivity contribution in [1.82, 2.24) is 13.9 Å². The van der Waals surface area contributed by atoms with Gasteiger partial charge in [-0.05, 0) is 387 Å². The number of methoxy groups -OCH3 is 1. The highest BCUT2D eigenvalue weighted by atomic mass is 17.2. The molecule has 37 atom stereocenters. The van der Waals surface area contributed by atoms with Crippen molar-refractivity contribution in [2.24, 2.45) is 167 Å². The first-order valence-electron chi connectivity index (χ1n) is 55.8. The summed E-state index contributed by atoms with van der Waals surface area (Å²) < 4.78 is 35.5. The van der Waals surface area contributed by atoms with Gasteiger partial charge in [0.05, 0.1) is 54.1 Å². The minimum Gasteiger partial charge on any atom is -0.469 e. The molecule has 3 aromatic rings. The molecule has 4 saturated heterocycles. The lowest BCUT2D eigenvalue weighted by Gasteiger charge is -2.71. The molecular formula is C118H173N3O11. The molecule has 6 aliphatic heterocycles. The zero-order chi connectivity index (χ0) is 91.7. The quantitative estimate of drug-likeness (QED) is 0.178. The maximum absolute atomic E-state index is 14.7. The number of nitrogens with zero attached hydrogens (tertiary/aromatic N) is 3. The number of rotatable bonds is 7. The number of allylic oxidation sites excluding steroid dienone is 5. The third kappa shape index (κ3) is 12.3. The van der Waals surface area contributed by atoms with E-state index in [1.54, 1.807) is 16.7 Å². The van der Waals surface area contributed by atoms with Crippen molar-refractivity contribution in [1.29, 1.82) is 0 Å². The molecule has 3 spiro atoms. The van der Waals surface area contributed by atoms with Crippen LogP contribution in [0.5, 0.6) is 0 Å². The van der Waals surface area contributed by atoms with E-state index in [1.807, 2.05) is 46.8 Å². The van der Waals surface area contributed by atoms with Crippen molar-refractivity contribution < 1.29 is 43.0 Å². The Labute approximate surface area is 793 Å². The third-order valence-corrected chi connectivity index (χ3v) is 49.8. The van der Waals surface area contributed by atoms with E-state index in [9.17, 15) is 19.5 Å². The van der Waals surface area contributed by atoms with E-state index in [-0.39, 0.29) is 61.7 Å². The van der Waals surface area contributed by atoms with Gasteiger partial charge < -0.3 is 28.5 Å². The molecule has 8 heterocycles. The molecule has 1 aromatic carbocycles. The topological polar surface area (TPSA) is 155 Å². The normalized spacial score (nSPS) is 51.5. The molecule has 14 heteroatoms. The highest BCUT2D eigenvalue weighted by Gasteiger charge is 2.80. The van der Waals surface area contributed by atoms with Gasteiger partial charge in [-0.3, -0.25) is 4.79 Å². The lowest BCUT2D eigenvalue weighted by molar-refractivity contribution is -0.412. The van der Waals surface area contributed by atoms with E-state index in [1.165, 1.54) is 197 Å². The molecule has 132 heavy (non-hydrogen) atoms. The molecule has 15 unspecified atom stereocenters. The van der Waals surface area contributed by atoms with Crippen molar-refractivity contribution in [3.05, 3.63) is 110 Å². The zero-order valence-electron chi connectivity index (χ0n) is 84.8. The third-order valence-electron chi connectivity index (χ3n) is 49.8. The number of carbonyl (C=O) groups is 1. The van der Waals surface area contributed by atoms with Crippen molar-refractivity contribution in [3.63, 3.8) is 0 Å². The molecule has 20 fully saturated rings. The number of hydrogen-bond acceptors (Lipinski definition) is 11. The lowest BCUT2D eigenvalue weighted by atomic mass is 9.40. The van der Waals surface area contributed by atoms with Crippen molar-refractivity contribution >= 4 is 5.78 Å². The summed E-state index contributed by atoms with van der Waals surface area (Å²) in [7, 11) is 1.89. The molecule has 726 valence electrons. The molecule has 20 aliphatic carbocycles. The average molecular weight is 1810 g/mol. The van der Waals surface area contributed by atoms with Gasteiger partial charge in [-0.1, -0.05) is 184 Å². The summed E-state index contributed by atoms with van der Waals surface area (Å²) in [6.07, 6.45) is 69.0. The van der Waals surface area contributed by atoms with E-state index >= 15 is 0 Å². The van der Waals surface area contributed by atoms with Crippen LogP contribution in [0.4, 0.5) is 0 Å². The SMILES string of the molecule is CC(C)[C@@H](C)/C=C/[C@@H](C)[C@H]1CCC2C34C=CC5(C[C@@H](O)CC[C@]5(C)C3CC[C@@]21C)n1c(=O)n(-c2ccccc2)c(=O)n14.CC[C@H]1CCC2C3CC=C4CC5OCO[C@@H]5C[C@]4(C)C3CC[C@@]21C.CO[C@]12CC[C@@]3(CO1)C1CC[C@H]4CCCC[C@]4(C)C1CC[C@]23C.C[C@@]12CCCC1C1Cc3occ4c3[C@](C)(CCC4)C1CC2.C[C@]12CC[C@@H]3C[C@@H]1CCC1C4CCC(=O)[C@@]4(C)CC[C@@]12OO3. The zero-order valence-corrected chi connectivity index (χ0v) is 84.8. The molecule has 29 rings (SSSR count). The monoisotopic (exact) mass is 1810 g/mol. The van der Waals surface area contributed by atoms with Crippen LogP contribution < -0.4 is 11.4 Å². The highest BCUT2D eigenvalue weighted by Crippen LogP contribution is 2.80. The predicted molar refractivity (Wildman–Crippen MR) is 519 cm³/mol. The first-order valence-corrected chi connectivity index (χ1v) is 55.8. The van der Waals surface area contributed by atoms with Crippen LogP contribution in [0, 0.1) is 167 Å². The van der Waals surface area contributed by atoms with Crippen LogP contribution in [0.1, 0.15) is 384 Å². The summed E-state index contributed by atoms with van der Waals surface area (Å²) in [6.45, 7) is 38.3. The second-order valence-electron chi connectivity index (χ2n) is 53.7. The Morgan fingerprint density at radius 2 is 1.32 bits per heavy atom. The summed E-state index contributed by atoms with van der Waals surface area (Å²) in [4.78, 5) is 54.0. The summed E-state index contributed by atoms with van der Waals surface area (Å²) >= 11 is 0. The number of hydrogen-bond donors (Lipinski definition) is 1. The maximum atomic E-state index is 14.7. The average Bonchev–Trinajstić information content (AvgIpc) is 1.37. The van der Waals surface area contributed by atoms with E-state index in [0.29, 0.717) is 111 Å². The second-order valence-corrected chi connectivity index (χ2v) is 53.7. The summed E-state index contributed by atoms with van der Waals surface area (Å²) in [6, 6.07) is 9.40. The minimum atomic E-state index is -0.706. The van der Waals surface area contributed by atoms with Gasteiger partial charge in [0.1, 0.15) is 23.9 Å². The number of para-hydroxylation sites is 1. The molecule has 0 radical (unpaired) electrons. The minimum absolute atomic E-state index is 0.0582. The Bertz CT molecular complexity index is 5110. The number of aryl methyl sites for hydroxylation is 1. The van der Waals surface area contributed by atoms with Crippen LogP contribution in [0.15, 0.2) is 86.6 Å². The number of benzene rings is 1. The van der Waals surface area contributed by atoms with E-state index in [4.69, 9.17) is 33.1 Å². The summed E-state index contributed by atoms with van der Waals surface area (Å²) in [5.74, 6) is 15.5. The van der Waals surface area contributed by atoms with E-state index in [2.05, 4.69) is 140 Å². The smallest absolute Gasteiger partial charge is 0.352 e. The van der Waals surface area contributed by atoms with Gasteiger partial charge in [-0.2, -0.15) is 0 Å². The molecule has 26 aliphatic rings. The largest absolute Gasteiger partial charge is 0.469 e. The molecule has 0 amide bonds. The Hall–Kier alpha value is -4.15. The number of furan rings is 1. The number of fused-ring (bicyclic) bond motifs is 18. The van der Waals surface area contributed by atoms with E-state index in [0.717, 1.165) is 155 Å². The summed E-state index contributed by atoms with van der Waals surface area (Å²) in [5.41, 5.74) is 7.09. The van der Waals surface area contributed by atoms with Gasteiger partial charge >= 0.3 is 11.4 Å². The maximum Gasteiger partial charge on any atom is 0.352 e. The predicted octanol–water partition coefficient (Wildman–Crippen LogP) is 26.1. The number of ether oxygens (including phenoxy) is 4. The molecule has 14 nitrogen and oxygen atoms in total. The number of aromatic nitrogens is 3. The van der Waals surface area contributed by atoms with Crippen LogP contribution in [0.2, 0.25) is 0 Å². The Kier molecular flexibility index (Phi) is 22.2. The van der Waals surface area contributed by atoms with Gasteiger partial charge in [-0.15, -0.1) is 0 Å². The standard InChI is InChI=1S/C36H49N3O3.C22H34O2.C21H34O2.C20H28O.C19H28O3/c1-23(2)24(3)12-13-25(4)28-14-15-29-33(28,5)18-17-30-34(6)19-16-27(40)22-35(34)20-21-36(29,30)39-32(42)37(31(41)38(35)39)26-10-8-7-9-11-26;1-4-14-6-8-17-16-7-5-15-11-19-20(24-13-23-19)12-22(15,3)18(16)9-10-21(14,17)2;1-18-10-5-4-6-15(18)7-8-17-16(18)9-11-19(2)20(17)12-13-21(19,22-3)23-14-20;1-19-8-4-6-15(19)14-11-17-18-13(12-21-17)5-3-9-20(18,2)16(14)7-10-19;1-17-9-10-19-15(14(17)5-6-16(17)20)4-3-12-11-13(21-22-19)7-8-18(12,19)2/h7-13,20-21,23-25,27-30,40H,14-19,22H2,1-6H3;5,14,16-20H,4,6-13H2,1-3H3;15-17H,4-14H2,1-3H3;12,14-16H,3-11H2,1-2H3;12-15H,3-11H2,1-2H3/b13-12+;;;;/t24-,25+,27-,28+,29?,30?,33+,34+,35?,36?;14-,16?,17?,18?,19?,20+,21+,22-;15-,16?,17?,18+,19+,20-,21-;14?,15?,16?,19-,20+;12-,13+,14?,15?,17-,18-,19+/m00100/s1. The van der Waals surface area contributed by atoms with Gasteiger partial charge in [0.15, 0.2) is 5.79 Å². The molecular weight excluding hydrogens is 1640 g/mol. The molecule has 16 saturated carbocycles. The first kappa shape index (κ1) is 91.6. The van der Waals surface area contributed by atoms with Gasteiger partial charge in [0.2, 0.25) is 0 Å². The number of aliphatic hydroxyl groups excluding tert-OH is 1. The van der Waals surface area contributed by atoms with Crippen molar-refractivity contribution in [2.75, 3.05) is 20.5 Å². The number of Topliss-reactive ketones (excluding diaryl/α,β-unsaturated/α-hetero) is 1.